The highest BCUT2D eigenvalue weighted by molar-refractivity contribution is 9.10. The molecule has 3 nitrogen and oxygen atoms in total. The van der Waals surface area contributed by atoms with E-state index in [0.29, 0.717) is 13.0 Å². The molecule has 0 unspecified atom stereocenters. The molecule has 6 heteroatoms. The van der Waals surface area contributed by atoms with Crippen LogP contribution in [0.15, 0.2) is 22.1 Å². The molecule has 98 valence electrons. The highest BCUT2D eigenvalue weighted by atomic mass is 79.9. The summed E-state index contributed by atoms with van der Waals surface area (Å²) in [5, 5.41) is 8.77. The van der Waals surface area contributed by atoms with Crippen LogP contribution >= 0.6 is 27.3 Å². The SMILES string of the molecule is Cc1ncsc1CCOc1ccc(C#N)c(Br)c1F. The number of benzene rings is 1. The largest absolute Gasteiger partial charge is 0.490 e. The topological polar surface area (TPSA) is 45.9 Å². The number of nitrogens with zero attached hydrogens (tertiary/aromatic N) is 2. The molecule has 2 aromatic rings. The van der Waals surface area contributed by atoms with Crippen molar-refractivity contribution in [2.45, 2.75) is 13.3 Å². The summed E-state index contributed by atoms with van der Waals surface area (Å²) in [4.78, 5) is 5.27. The highest BCUT2D eigenvalue weighted by Gasteiger charge is 2.12. The van der Waals surface area contributed by atoms with E-state index in [1.807, 2.05) is 13.0 Å². The third-order valence-corrected chi connectivity index (χ3v) is 4.37. The molecule has 0 saturated heterocycles. The Morgan fingerprint density at radius 3 is 2.95 bits per heavy atom. The van der Waals surface area contributed by atoms with E-state index < -0.39 is 5.82 Å². The van der Waals surface area contributed by atoms with Crippen LogP contribution in [0.5, 0.6) is 5.75 Å². The molecule has 0 amide bonds. The van der Waals surface area contributed by atoms with Gasteiger partial charge in [0, 0.05) is 11.3 Å². The fourth-order valence-corrected chi connectivity index (χ4v) is 2.73. The molecular formula is C13H10BrFN2OS. The Balaban J connectivity index is 2.03. The van der Waals surface area contributed by atoms with Gasteiger partial charge < -0.3 is 4.74 Å². The van der Waals surface area contributed by atoms with Gasteiger partial charge in [0.05, 0.1) is 27.8 Å². The van der Waals surface area contributed by atoms with Crippen molar-refractivity contribution in [3.8, 4) is 11.8 Å². The van der Waals surface area contributed by atoms with Gasteiger partial charge in [-0.05, 0) is 35.0 Å². The standard InChI is InChI=1S/C13H10BrFN2OS/c1-8-11(19-7-17-8)4-5-18-10-3-2-9(6-16)12(14)13(10)15/h2-3,7H,4-5H2,1H3. The third-order valence-electron chi connectivity index (χ3n) is 2.60. The van der Waals surface area contributed by atoms with Crippen molar-refractivity contribution in [2.75, 3.05) is 6.61 Å². The summed E-state index contributed by atoms with van der Waals surface area (Å²) >= 11 is 4.61. The molecule has 0 aliphatic carbocycles. The minimum atomic E-state index is -0.542. The van der Waals surface area contributed by atoms with Gasteiger partial charge >= 0.3 is 0 Å². The normalized spacial score (nSPS) is 10.2. The number of halogens is 2. The van der Waals surface area contributed by atoms with Crippen LogP contribution in [0.3, 0.4) is 0 Å². The zero-order valence-electron chi connectivity index (χ0n) is 10.1. The smallest absolute Gasteiger partial charge is 0.180 e. The molecule has 0 bridgehead atoms. The molecule has 0 aliphatic heterocycles. The lowest BCUT2D eigenvalue weighted by Gasteiger charge is -2.08. The van der Waals surface area contributed by atoms with E-state index in [-0.39, 0.29) is 15.8 Å². The Bertz CT molecular complexity index is 636. The van der Waals surface area contributed by atoms with Crippen molar-refractivity contribution in [3.63, 3.8) is 0 Å². The summed E-state index contributed by atoms with van der Waals surface area (Å²) in [6.45, 7) is 2.31. The Labute approximate surface area is 122 Å². The Morgan fingerprint density at radius 1 is 1.53 bits per heavy atom. The zero-order chi connectivity index (χ0) is 13.8. The number of thiazole rings is 1. The minimum absolute atomic E-state index is 0.140. The molecule has 1 aromatic heterocycles. The van der Waals surface area contributed by atoms with E-state index in [2.05, 4.69) is 20.9 Å². The summed E-state index contributed by atoms with van der Waals surface area (Å²) < 4.78 is 19.4. The van der Waals surface area contributed by atoms with Crippen molar-refractivity contribution in [1.82, 2.24) is 4.98 Å². The van der Waals surface area contributed by atoms with Gasteiger partial charge in [-0.25, -0.2) is 9.37 Å². The highest BCUT2D eigenvalue weighted by Crippen LogP contribution is 2.28. The van der Waals surface area contributed by atoms with E-state index in [1.165, 1.54) is 12.1 Å². The van der Waals surface area contributed by atoms with Crippen molar-refractivity contribution in [3.05, 3.63) is 44.1 Å². The fourth-order valence-electron chi connectivity index (χ4n) is 1.55. The molecule has 1 heterocycles. The second kappa shape index (κ2) is 6.13. The van der Waals surface area contributed by atoms with Gasteiger partial charge in [-0.1, -0.05) is 0 Å². The summed E-state index contributed by atoms with van der Waals surface area (Å²) in [7, 11) is 0. The van der Waals surface area contributed by atoms with Gasteiger partial charge in [0.25, 0.3) is 0 Å². The average Bonchev–Trinajstić information content (AvgIpc) is 2.81. The molecule has 0 fully saturated rings. The van der Waals surface area contributed by atoms with E-state index in [0.717, 1.165) is 10.6 Å². The first-order chi connectivity index (χ1) is 9.13. The number of hydrogen-bond acceptors (Lipinski definition) is 4. The van der Waals surface area contributed by atoms with Crippen LogP contribution in [0.4, 0.5) is 4.39 Å². The zero-order valence-corrected chi connectivity index (χ0v) is 12.5. The van der Waals surface area contributed by atoms with Gasteiger partial charge in [0.1, 0.15) is 6.07 Å². The van der Waals surface area contributed by atoms with Crippen LogP contribution in [0.25, 0.3) is 0 Å². The first-order valence-electron chi connectivity index (χ1n) is 5.53. The molecular weight excluding hydrogens is 331 g/mol. The lowest BCUT2D eigenvalue weighted by atomic mass is 10.2. The molecule has 2 rings (SSSR count). The first-order valence-corrected chi connectivity index (χ1v) is 7.20. The first kappa shape index (κ1) is 14.0. The third kappa shape index (κ3) is 3.11. The van der Waals surface area contributed by atoms with Crippen LogP contribution in [-0.4, -0.2) is 11.6 Å². The monoisotopic (exact) mass is 340 g/mol. The fraction of sp³-hybridized carbons (Fsp3) is 0.231. The predicted octanol–water partition coefficient (Wildman–Crippen LogP) is 3.85. The van der Waals surface area contributed by atoms with Gasteiger partial charge in [0.2, 0.25) is 0 Å². The molecule has 0 atom stereocenters. The molecule has 19 heavy (non-hydrogen) atoms. The maximum Gasteiger partial charge on any atom is 0.180 e. The molecule has 0 saturated carbocycles. The minimum Gasteiger partial charge on any atom is -0.490 e. The number of aromatic nitrogens is 1. The van der Waals surface area contributed by atoms with Crippen LogP contribution in [0.1, 0.15) is 16.1 Å². The van der Waals surface area contributed by atoms with E-state index in [4.69, 9.17) is 10.00 Å². The summed E-state index contributed by atoms with van der Waals surface area (Å²) in [6, 6.07) is 4.90. The van der Waals surface area contributed by atoms with Crippen molar-refractivity contribution >= 4 is 27.3 Å². The summed E-state index contributed by atoms with van der Waals surface area (Å²) in [6.07, 6.45) is 0.688. The van der Waals surface area contributed by atoms with Crippen molar-refractivity contribution in [2.24, 2.45) is 0 Å². The molecule has 0 aliphatic rings. The maximum absolute atomic E-state index is 13.9. The molecule has 1 aromatic carbocycles. The maximum atomic E-state index is 13.9. The van der Waals surface area contributed by atoms with Crippen LogP contribution < -0.4 is 4.74 Å². The van der Waals surface area contributed by atoms with Gasteiger partial charge in [-0.2, -0.15) is 5.26 Å². The van der Waals surface area contributed by atoms with Crippen molar-refractivity contribution in [1.29, 1.82) is 5.26 Å². The Hall–Kier alpha value is -1.45. The quantitative estimate of drug-likeness (QED) is 0.849. The molecule has 0 N–H and O–H groups in total. The predicted molar refractivity (Wildman–Crippen MR) is 74.9 cm³/mol. The van der Waals surface area contributed by atoms with Gasteiger partial charge in [0.15, 0.2) is 11.6 Å². The number of aryl methyl sites for hydroxylation is 1. The van der Waals surface area contributed by atoms with Gasteiger partial charge in [-0.3, -0.25) is 0 Å². The Morgan fingerprint density at radius 2 is 2.32 bits per heavy atom. The number of hydrogen-bond donors (Lipinski definition) is 0. The molecule has 0 radical (unpaired) electrons. The van der Waals surface area contributed by atoms with Crippen LogP contribution in [0, 0.1) is 24.1 Å². The van der Waals surface area contributed by atoms with Crippen LogP contribution in [0.2, 0.25) is 0 Å². The van der Waals surface area contributed by atoms with E-state index in [9.17, 15) is 4.39 Å². The number of nitriles is 1. The van der Waals surface area contributed by atoms with E-state index >= 15 is 0 Å². The van der Waals surface area contributed by atoms with Crippen molar-refractivity contribution < 1.29 is 9.13 Å². The summed E-state index contributed by atoms with van der Waals surface area (Å²) in [5.74, 6) is -0.395. The molecule has 0 spiro atoms. The van der Waals surface area contributed by atoms with E-state index in [1.54, 1.807) is 16.8 Å². The number of ether oxygens (including phenoxy) is 1. The van der Waals surface area contributed by atoms with Crippen LogP contribution in [-0.2, 0) is 6.42 Å². The second-order valence-corrected chi connectivity index (χ2v) is 5.54. The second-order valence-electron chi connectivity index (χ2n) is 3.81. The lowest BCUT2D eigenvalue weighted by molar-refractivity contribution is 0.305. The average molecular weight is 341 g/mol. The Kier molecular flexibility index (Phi) is 4.51. The lowest BCUT2D eigenvalue weighted by Crippen LogP contribution is -2.03. The van der Waals surface area contributed by atoms with Gasteiger partial charge in [-0.15, -0.1) is 11.3 Å². The summed E-state index contributed by atoms with van der Waals surface area (Å²) in [5.41, 5.74) is 3.02. The number of rotatable bonds is 4.